The second kappa shape index (κ2) is 5.96. The fraction of sp³-hybridized carbons (Fsp3) is 0.500. The molecule has 2 rings (SSSR count). The van der Waals surface area contributed by atoms with Crippen molar-refractivity contribution in [2.75, 3.05) is 31.7 Å². The van der Waals surface area contributed by atoms with Gasteiger partial charge < -0.3 is 9.64 Å². The maximum atomic E-state index is 13.3. The molecule has 0 aliphatic carbocycles. The van der Waals surface area contributed by atoms with Crippen LogP contribution < -0.4 is 4.90 Å². The van der Waals surface area contributed by atoms with Gasteiger partial charge in [0, 0.05) is 38.1 Å². The van der Waals surface area contributed by atoms with Gasteiger partial charge in [-0.25, -0.2) is 4.39 Å². The van der Waals surface area contributed by atoms with Crippen LogP contribution in [0.25, 0.3) is 0 Å². The molecular weight excluding hydrogens is 233 g/mol. The van der Waals surface area contributed by atoms with Crippen LogP contribution in [0.2, 0.25) is 0 Å². The molecule has 1 aromatic carbocycles. The van der Waals surface area contributed by atoms with E-state index in [0.717, 1.165) is 38.3 Å². The third kappa shape index (κ3) is 3.29. The monoisotopic (exact) mass is 251 g/mol. The zero-order valence-electron chi connectivity index (χ0n) is 10.6. The summed E-state index contributed by atoms with van der Waals surface area (Å²) in [4.78, 5) is 12.7. The summed E-state index contributed by atoms with van der Waals surface area (Å²) in [5.74, 6) is 0.208. The zero-order valence-corrected chi connectivity index (χ0v) is 10.6. The average molecular weight is 251 g/mol. The van der Waals surface area contributed by atoms with Gasteiger partial charge in [-0.2, -0.15) is 0 Å². The molecular formula is C14H18FNO2. The minimum Gasteiger partial charge on any atom is -0.381 e. The smallest absolute Gasteiger partial charge is 0.150 e. The number of hydrogen-bond donors (Lipinski definition) is 0. The predicted molar refractivity (Wildman–Crippen MR) is 68.6 cm³/mol. The van der Waals surface area contributed by atoms with Crippen molar-refractivity contribution in [3.05, 3.63) is 29.6 Å². The van der Waals surface area contributed by atoms with Crippen molar-refractivity contribution < 1.29 is 13.9 Å². The average Bonchev–Trinajstić information content (AvgIpc) is 2.39. The number of hydrogen-bond acceptors (Lipinski definition) is 3. The summed E-state index contributed by atoms with van der Waals surface area (Å²) < 4.78 is 18.7. The van der Waals surface area contributed by atoms with Gasteiger partial charge in [-0.1, -0.05) is 0 Å². The Morgan fingerprint density at radius 2 is 2.11 bits per heavy atom. The van der Waals surface area contributed by atoms with Gasteiger partial charge in [-0.3, -0.25) is 4.79 Å². The molecule has 98 valence electrons. The lowest BCUT2D eigenvalue weighted by Gasteiger charge is -2.28. The van der Waals surface area contributed by atoms with Crippen LogP contribution in [-0.2, 0) is 4.74 Å². The van der Waals surface area contributed by atoms with Crippen LogP contribution in [0.3, 0.4) is 0 Å². The van der Waals surface area contributed by atoms with Crippen molar-refractivity contribution in [2.24, 2.45) is 5.92 Å². The van der Waals surface area contributed by atoms with E-state index >= 15 is 0 Å². The van der Waals surface area contributed by atoms with E-state index in [1.54, 1.807) is 6.07 Å². The molecule has 0 aromatic heterocycles. The second-order valence-corrected chi connectivity index (χ2v) is 4.80. The molecule has 4 heteroatoms. The highest BCUT2D eigenvalue weighted by atomic mass is 19.1. The Morgan fingerprint density at radius 3 is 2.78 bits per heavy atom. The number of carbonyl (C=O) groups is 1. The fourth-order valence-electron chi connectivity index (χ4n) is 2.31. The number of carbonyl (C=O) groups excluding carboxylic acids is 1. The first kappa shape index (κ1) is 13.0. The molecule has 1 heterocycles. The van der Waals surface area contributed by atoms with Crippen LogP contribution in [0.15, 0.2) is 18.2 Å². The Hall–Kier alpha value is -1.42. The van der Waals surface area contributed by atoms with Crippen molar-refractivity contribution >= 4 is 12.0 Å². The molecule has 1 aliphatic rings. The maximum Gasteiger partial charge on any atom is 0.150 e. The topological polar surface area (TPSA) is 29.5 Å². The summed E-state index contributed by atoms with van der Waals surface area (Å²) in [6.45, 7) is 2.48. The summed E-state index contributed by atoms with van der Waals surface area (Å²) in [7, 11) is 1.93. The maximum absolute atomic E-state index is 13.3. The van der Waals surface area contributed by atoms with E-state index in [9.17, 15) is 9.18 Å². The highest BCUT2D eigenvalue weighted by molar-refractivity contribution is 5.77. The first-order valence-corrected chi connectivity index (χ1v) is 6.23. The molecule has 0 N–H and O–H groups in total. The normalized spacial score (nSPS) is 16.6. The van der Waals surface area contributed by atoms with E-state index in [1.165, 1.54) is 12.1 Å². The van der Waals surface area contributed by atoms with Crippen LogP contribution >= 0.6 is 0 Å². The summed E-state index contributed by atoms with van der Waals surface area (Å²) in [5, 5.41) is 0. The fourth-order valence-corrected chi connectivity index (χ4v) is 2.31. The Balaban J connectivity index is 2.05. The molecule has 3 nitrogen and oxygen atoms in total. The third-order valence-corrected chi connectivity index (χ3v) is 3.35. The van der Waals surface area contributed by atoms with Crippen LogP contribution in [0.1, 0.15) is 23.2 Å². The van der Waals surface area contributed by atoms with E-state index in [2.05, 4.69) is 0 Å². The quantitative estimate of drug-likeness (QED) is 0.770. The molecule has 0 bridgehead atoms. The molecule has 0 atom stereocenters. The number of halogens is 1. The number of aldehydes is 1. The molecule has 0 saturated carbocycles. The van der Waals surface area contributed by atoms with Gasteiger partial charge in [-0.05, 0) is 37.0 Å². The minimum atomic E-state index is -0.367. The van der Waals surface area contributed by atoms with Crippen molar-refractivity contribution in [2.45, 2.75) is 12.8 Å². The lowest BCUT2D eigenvalue weighted by molar-refractivity contribution is 0.0685. The molecule has 1 aliphatic heterocycles. The van der Waals surface area contributed by atoms with Crippen molar-refractivity contribution in [3.63, 3.8) is 0 Å². The SMILES string of the molecule is CN(CC1CCOCC1)c1cc(F)cc(C=O)c1. The van der Waals surface area contributed by atoms with Crippen LogP contribution in [0.5, 0.6) is 0 Å². The number of ether oxygens (including phenoxy) is 1. The van der Waals surface area contributed by atoms with Gasteiger partial charge in [0.2, 0.25) is 0 Å². The van der Waals surface area contributed by atoms with E-state index in [4.69, 9.17) is 4.74 Å². The van der Waals surface area contributed by atoms with Gasteiger partial charge in [0.25, 0.3) is 0 Å². The predicted octanol–water partition coefficient (Wildman–Crippen LogP) is 2.50. The van der Waals surface area contributed by atoms with Gasteiger partial charge >= 0.3 is 0 Å². The number of rotatable bonds is 4. The Kier molecular flexibility index (Phi) is 4.31. The zero-order chi connectivity index (χ0) is 13.0. The standard InChI is InChI=1S/C14H18FNO2/c1-16(9-11-2-4-18-5-3-11)14-7-12(10-17)6-13(15)8-14/h6-8,10-11H,2-5,9H2,1H3. The molecule has 0 amide bonds. The van der Waals surface area contributed by atoms with Gasteiger partial charge in [-0.15, -0.1) is 0 Å². The van der Waals surface area contributed by atoms with Crippen LogP contribution in [0.4, 0.5) is 10.1 Å². The Labute approximate surface area is 107 Å². The second-order valence-electron chi connectivity index (χ2n) is 4.80. The summed E-state index contributed by atoms with van der Waals surface area (Å²) in [6, 6.07) is 4.43. The van der Waals surface area contributed by atoms with Crippen molar-refractivity contribution in [1.29, 1.82) is 0 Å². The van der Waals surface area contributed by atoms with E-state index in [-0.39, 0.29) is 5.82 Å². The summed E-state index contributed by atoms with van der Waals surface area (Å²) in [6.07, 6.45) is 2.76. The number of benzene rings is 1. The summed E-state index contributed by atoms with van der Waals surface area (Å²) in [5.41, 5.74) is 1.13. The molecule has 1 aromatic rings. The van der Waals surface area contributed by atoms with Gasteiger partial charge in [0.1, 0.15) is 12.1 Å². The Morgan fingerprint density at radius 1 is 1.39 bits per heavy atom. The first-order chi connectivity index (χ1) is 8.69. The molecule has 18 heavy (non-hydrogen) atoms. The third-order valence-electron chi connectivity index (χ3n) is 3.35. The summed E-state index contributed by atoms with van der Waals surface area (Å²) >= 11 is 0. The highest BCUT2D eigenvalue weighted by Crippen LogP contribution is 2.21. The van der Waals surface area contributed by atoms with Crippen molar-refractivity contribution in [3.8, 4) is 0 Å². The Bertz CT molecular complexity index is 416. The first-order valence-electron chi connectivity index (χ1n) is 6.23. The van der Waals surface area contributed by atoms with Gasteiger partial charge in [0.15, 0.2) is 0 Å². The van der Waals surface area contributed by atoms with Crippen LogP contribution in [0, 0.1) is 11.7 Å². The molecule has 1 fully saturated rings. The van der Waals surface area contributed by atoms with Gasteiger partial charge in [0.05, 0.1) is 0 Å². The molecule has 0 spiro atoms. The largest absolute Gasteiger partial charge is 0.381 e. The van der Waals surface area contributed by atoms with E-state index in [1.807, 2.05) is 11.9 Å². The molecule has 0 unspecified atom stereocenters. The lowest BCUT2D eigenvalue weighted by Crippen LogP contribution is -2.29. The van der Waals surface area contributed by atoms with E-state index < -0.39 is 0 Å². The van der Waals surface area contributed by atoms with E-state index in [0.29, 0.717) is 17.8 Å². The van der Waals surface area contributed by atoms with Crippen LogP contribution in [-0.4, -0.2) is 33.1 Å². The minimum absolute atomic E-state index is 0.367. The number of nitrogens with zero attached hydrogens (tertiary/aromatic N) is 1. The molecule has 0 radical (unpaired) electrons. The lowest BCUT2D eigenvalue weighted by atomic mass is 9.99. The highest BCUT2D eigenvalue weighted by Gasteiger charge is 2.16. The number of anilines is 1. The van der Waals surface area contributed by atoms with Crippen molar-refractivity contribution in [1.82, 2.24) is 0 Å². The molecule has 1 saturated heterocycles.